The van der Waals surface area contributed by atoms with Gasteiger partial charge in [-0.1, -0.05) is 0 Å². The lowest BCUT2D eigenvalue weighted by Crippen LogP contribution is -2.31. The third-order valence-electron chi connectivity index (χ3n) is 3.71. The number of isocyanates is 1. The summed E-state index contributed by atoms with van der Waals surface area (Å²) in [6.45, 7) is 0. The molecular formula is C14H13NO3. The third kappa shape index (κ3) is 1.46. The van der Waals surface area contributed by atoms with Gasteiger partial charge in [-0.05, 0) is 43.0 Å². The standard InChI is InChI=1S/C14H13NO3/c1-17-12-8-11(7-10-3-6-18-13(10)12)14(15-9-16)4-2-5-14/h3,6-8H,2,4-5H2,1H3. The molecule has 4 nitrogen and oxygen atoms in total. The Labute approximate surface area is 104 Å². The highest BCUT2D eigenvalue weighted by Gasteiger charge is 2.39. The Bertz CT molecular complexity index is 634. The number of carbonyl (C=O) groups excluding carboxylic acids is 1. The number of hydrogen-bond acceptors (Lipinski definition) is 4. The molecule has 1 aliphatic rings. The number of aliphatic imine (C=N–C) groups is 1. The molecule has 0 N–H and O–H groups in total. The molecular weight excluding hydrogens is 230 g/mol. The average Bonchev–Trinajstić information content (AvgIpc) is 2.80. The van der Waals surface area contributed by atoms with Crippen LogP contribution in [-0.4, -0.2) is 13.2 Å². The van der Waals surface area contributed by atoms with Crippen LogP contribution in [0.2, 0.25) is 0 Å². The van der Waals surface area contributed by atoms with E-state index in [9.17, 15) is 4.79 Å². The molecule has 0 atom stereocenters. The van der Waals surface area contributed by atoms with E-state index in [-0.39, 0.29) is 0 Å². The Hall–Kier alpha value is -2.06. The average molecular weight is 243 g/mol. The highest BCUT2D eigenvalue weighted by molar-refractivity contribution is 5.84. The molecule has 1 aromatic carbocycles. The Morgan fingerprint density at radius 1 is 1.44 bits per heavy atom. The van der Waals surface area contributed by atoms with Crippen LogP contribution < -0.4 is 4.74 Å². The van der Waals surface area contributed by atoms with Crippen molar-refractivity contribution in [1.29, 1.82) is 0 Å². The van der Waals surface area contributed by atoms with E-state index < -0.39 is 5.54 Å². The van der Waals surface area contributed by atoms with Crippen LogP contribution in [-0.2, 0) is 10.3 Å². The van der Waals surface area contributed by atoms with Gasteiger partial charge in [-0.3, -0.25) is 0 Å². The van der Waals surface area contributed by atoms with Crippen LogP contribution >= 0.6 is 0 Å². The maximum absolute atomic E-state index is 10.6. The number of benzene rings is 1. The first kappa shape index (κ1) is 11.1. The van der Waals surface area contributed by atoms with Crippen LogP contribution in [0.3, 0.4) is 0 Å². The predicted molar refractivity (Wildman–Crippen MR) is 66.4 cm³/mol. The van der Waals surface area contributed by atoms with Gasteiger partial charge in [0.15, 0.2) is 11.3 Å². The fourth-order valence-corrected chi connectivity index (χ4v) is 2.53. The van der Waals surface area contributed by atoms with Crippen LogP contribution in [0.5, 0.6) is 5.75 Å². The minimum absolute atomic E-state index is 0.402. The summed E-state index contributed by atoms with van der Waals surface area (Å²) in [5, 5.41) is 0.969. The van der Waals surface area contributed by atoms with Crippen molar-refractivity contribution in [3.8, 4) is 5.75 Å². The van der Waals surface area contributed by atoms with E-state index in [1.807, 2.05) is 18.2 Å². The molecule has 1 aliphatic carbocycles. The van der Waals surface area contributed by atoms with Gasteiger partial charge in [0.2, 0.25) is 6.08 Å². The fraction of sp³-hybridized carbons (Fsp3) is 0.357. The summed E-state index contributed by atoms with van der Waals surface area (Å²) in [6, 6.07) is 5.81. The summed E-state index contributed by atoms with van der Waals surface area (Å²) in [4.78, 5) is 14.6. The van der Waals surface area contributed by atoms with Crippen molar-refractivity contribution < 1.29 is 13.9 Å². The lowest BCUT2D eigenvalue weighted by Gasteiger charge is -2.37. The van der Waals surface area contributed by atoms with E-state index in [1.165, 1.54) is 0 Å². The Kier molecular flexibility index (Phi) is 2.46. The van der Waals surface area contributed by atoms with Crippen molar-refractivity contribution >= 4 is 17.0 Å². The van der Waals surface area contributed by atoms with E-state index >= 15 is 0 Å². The Morgan fingerprint density at radius 2 is 2.28 bits per heavy atom. The molecule has 4 heteroatoms. The molecule has 92 valence electrons. The van der Waals surface area contributed by atoms with Gasteiger partial charge in [-0.25, -0.2) is 4.79 Å². The number of ether oxygens (including phenoxy) is 1. The second-order valence-corrected chi connectivity index (χ2v) is 4.61. The van der Waals surface area contributed by atoms with E-state index in [4.69, 9.17) is 9.15 Å². The van der Waals surface area contributed by atoms with E-state index in [0.29, 0.717) is 5.75 Å². The summed E-state index contributed by atoms with van der Waals surface area (Å²) >= 11 is 0. The van der Waals surface area contributed by atoms with Crippen LogP contribution in [0, 0.1) is 0 Å². The van der Waals surface area contributed by atoms with E-state index in [0.717, 1.165) is 35.8 Å². The number of fused-ring (bicyclic) bond motifs is 1. The first-order chi connectivity index (χ1) is 8.79. The van der Waals surface area contributed by atoms with Gasteiger partial charge in [-0.2, -0.15) is 4.99 Å². The van der Waals surface area contributed by atoms with Crippen molar-refractivity contribution in [2.75, 3.05) is 7.11 Å². The zero-order chi connectivity index (χ0) is 12.6. The largest absolute Gasteiger partial charge is 0.493 e. The summed E-state index contributed by atoms with van der Waals surface area (Å²) in [6.07, 6.45) is 6.18. The third-order valence-corrected chi connectivity index (χ3v) is 3.71. The number of methoxy groups -OCH3 is 1. The molecule has 0 unspecified atom stereocenters. The van der Waals surface area contributed by atoms with Crippen LogP contribution in [0.25, 0.3) is 11.0 Å². The van der Waals surface area contributed by atoms with Crippen molar-refractivity contribution in [1.82, 2.24) is 0 Å². The quantitative estimate of drug-likeness (QED) is 0.614. The molecule has 3 rings (SSSR count). The van der Waals surface area contributed by atoms with Gasteiger partial charge in [0.05, 0.1) is 18.9 Å². The topological polar surface area (TPSA) is 51.8 Å². The number of rotatable bonds is 3. The molecule has 1 fully saturated rings. The molecule has 18 heavy (non-hydrogen) atoms. The highest BCUT2D eigenvalue weighted by Crippen LogP contribution is 2.46. The van der Waals surface area contributed by atoms with E-state index in [1.54, 1.807) is 19.5 Å². The Balaban J connectivity index is 2.19. The summed E-state index contributed by atoms with van der Waals surface area (Å²) in [5.41, 5.74) is 1.33. The van der Waals surface area contributed by atoms with E-state index in [2.05, 4.69) is 4.99 Å². The predicted octanol–water partition coefficient (Wildman–Crippen LogP) is 3.16. The molecule has 0 spiro atoms. The van der Waals surface area contributed by atoms with Gasteiger partial charge < -0.3 is 9.15 Å². The number of furan rings is 1. The maximum Gasteiger partial charge on any atom is 0.235 e. The molecule has 2 aromatic rings. The highest BCUT2D eigenvalue weighted by atomic mass is 16.5. The van der Waals surface area contributed by atoms with Crippen LogP contribution in [0.4, 0.5) is 0 Å². The van der Waals surface area contributed by atoms with Gasteiger partial charge in [0.1, 0.15) is 0 Å². The minimum atomic E-state index is -0.402. The first-order valence-electron chi connectivity index (χ1n) is 5.94. The zero-order valence-electron chi connectivity index (χ0n) is 10.1. The number of nitrogens with zero attached hydrogens (tertiary/aromatic N) is 1. The number of hydrogen-bond donors (Lipinski definition) is 0. The molecule has 0 aliphatic heterocycles. The summed E-state index contributed by atoms with van der Waals surface area (Å²) < 4.78 is 10.7. The molecule has 1 heterocycles. The van der Waals surface area contributed by atoms with Gasteiger partial charge in [0.25, 0.3) is 0 Å². The van der Waals surface area contributed by atoms with Gasteiger partial charge in [0, 0.05) is 5.39 Å². The summed E-state index contributed by atoms with van der Waals surface area (Å²) in [5.74, 6) is 0.680. The molecule has 0 bridgehead atoms. The van der Waals surface area contributed by atoms with Crippen molar-refractivity contribution in [3.05, 3.63) is 30.0 Å². The normalized spacial score (nSPS) is 16.9. The summed E-state index contributed by atoms with van der Waals surface area (Å²) in [7, 11) is 1.61. The monoisotopic (exact) mass is 243 g/mol. The molecule has 0 radical (unpaired) electrons. The molecule has 1 saturated carbocycles. The Morgan fingerprint density at radius 3 is 2.89 bits per heavy atom. The van der Waals surface area contributed by atoms with Gasteiger partial charge >= 0.3 is 0 Å². The lowest BCUT2D eigenvalue weighted by atomic mass is 9.72. The minimum Gasteiger partial charge on any atom is -0.493 e. The fourth-order valence-electron chi connectivity index (χ4n) is 2.53. The van der Waals surface area contributed by atoms with Crippen molar-refractivity contribution in [3.63, 3.8) is 0 Å². The zero-order valence-corrected chi connectivity index (χ0v) is 10.1. The van der Waals surface area contributed by atoms with Crippen molar-refractivity contribution in [2.45, 2.75) is 24.8 Å². The second kappa shape index (κ2) is 4.00. The molecule has 0 amide bonds. The smallest absolute Gasteiger partial charge is 0.235 e. The first-order valence-corrected chi connectivity index (χ1v) is 5.94. The maximum atomic E-state index is 10.6. The van der Waals surface area contributed by atoms with Crippen LogP contribution in [0.1, 0.15) is 24.8 Å². The lowest BCUT2D eigenvalue weighted by molar-refractivity contribution is 0.255. The van der Waals surface area contributed by atoms with Crippen molar-refractivity contribution in [2.24, 2.45) is 4.99 Å². The SMILES string of the molecule is COc1cc(C2(N=C=O)CCC2)cc2ccoc12. The molecule has 1 aromatic heterocycles. The van der Waals surface area contributed by atoms with Crippen LogP contribution in [0.15, 0.2) is 33.9 Å². The van der Waals surface area contributed by atoms with Gasteiger partial charge in [-0.15, -0.1) is 0 Å². The molecule has 0 saturated heterocycles. The second-order valence-electron chi connectivity index (χ2n) is 4.61.